The van der Waals surface area contributed by atoms with Crippen LogP contribution in [0.1, 0.15) is 11.1 Å². The van der Waals surface area contributed by atoms with Crippen LogP contribution in [0.3, 0.4) is 0 Å². The summed E-state index contributed by atoms with van der Waals surface area (Å²) in [4.78, 5) is 41.6. The lowest BCUT2D eigenvalue weighted by atomic mass is 10.1. The summed E-state index contributed by atoms with van der Waals surface area (Å²) in [6, 6.07) is 15.1. The number of thioether (sulfide) groups is 1. The molecule has 0 radical (unpaired) electrons. The summed E-state index contributed by atoms with van der Waals surface area (Å²) in [6.45, 7) is 0.107. The molecule has 7 nitrogen and oxygen atoms in total. The van der Waals surface area contributed by atoms with Crippen molar-refractivity contribution in [3.8, 4) is 5.75 Å². The number of hydrogen-bond donors (Lipinski definition) is 2. The van der Waals surface area contributed by atoms with E-state index in [9.17, 15) is 14.4 Å². The third kappa shape index (κ3) is 4.64. The third-order valence-electron chi connectivity index (χ3n) is 4.96. The van der Waals surface area contributed by atoms with Crippen LogP contribution >= 0.6 is 11.8 Å². The highest BCUT2D eigenvalue weighted by Crippen LogP contribution is 2.32. The van der Waals surface area contributed by atoms with Crippen LogP contribution in [0.25, 0.3) is 17.0 Å². The van der Waals surface area contributed by atoms with E-state index in [0.717, 1.165) is 44.4 Å². The van der Waals surface area contributed by atoms with Gasteiger partial charge in [0.1, 0.15) is 12.3 Å². The zero-order chi connectivity index (χ0) is 21.8. The normalized spacial score (nSPS) is 15.1. The van der Waals surface area contributed by atoms with E-state index < -0.39 is 11.1 Å². The van der Waals surface area contributed by atoms with Gasteiger partial charge in [-0.25, -0.2) is 0 Å². The number of ether oxygens (including phenoxy) is 1. The monoisotopic (exact) mass is 435 g/mol. The molecule has 1 aromatic heterocycles. The van der Waals surface area contributed by atoms with Gasteiger partial charge < -0.3 is 15.0 Å². The Morgan fingerprint density at radius 1 is 1.19 bits per heavy atom. The number of nitrogens with one attached hydrogen (secondary N) is 2. The number of amides is 3. The fourth-order valence-electron chi connectivity index (χ4n) is 3.37. The lowest BCUT2D eigenvalue weighted by Gasteiger charge is -2.12. The van der Waals surface area contributed by atoms with Crippen molar-refractivity contribution >= 4 is 45.8 Å². The van der Waals surface area contributed by atoms with Crippen molar-refractivity contribution in [1.29, 1.82) is 0 Å². The summed E-state index contributed by atoms with van der Waals surface area (Å²) in [5, 5.41) is 3.41. The van der Waals surface area contributed by atoms with Gasteiger partial charge in [-0.2, -0.15) is 0 Å². The number of benzene rings is 2. The van der Waals surface area contributed by atoms with Crippen LogP contribution in [0, 0.1) is 0 Å². The van der Waals surface area contributed by atoms with Gasteiger partial charge in [-0.05, 0) is 47.5 Å². The minimum Gasteiger partial charge on any atom is -0.497 e. The molecular formula is C23H21N3O4S. The predicted octanol–water partition coefficient (Wildman–Crippen LogP) is 3.57. The number of fused-ring (bicyclic) bond motifs is 1. The molecule has 158 valence electrons. The molecule has 1 fully saturated rings. The molecule has 0 saturated carbocycles. The molecule has 0 unspecified atom stereocenters. The molecule has 31 heavy (non-hydrogen) atoms. The SMILES string of the molecule is COc1ccc2c(CCNC(=O)CN3C(=O)SC(=Cc4ccccc4)C3=O)c[nH]c2c1. The quantitative estimate of drug-likeness (QED) is 0.554. The number of aromatic nitrogens is 1. The van der Waals surface area contributed by atoms with Gasteiger partial charge in [0.15, 0.2) is 0 Å². The summed E-state index contributed by atoms with van der Waals surface area (Å²) in [6.07, 6.45) is 4.18. The van der Waals surface area contributed by atoms with Gasteiger partial charge in [0.2, 0.25) is 5.91 Å². The van der Waals surface area contributed by atoms with Crippen molar-refractivity contribution < 1.29 is 19.1 Å². The van der Waals surface area contributed by atoms with Crippen LogP contribution < -0.4 is 10.1 Å². The maximum Gasteiger partial charge on any atom is 0.294 e. The predicted molar refractivity (Wildman–Crippen MR) is 121 cm³/mol. The summed E-state index contributed by atoms with van der Waals surface area (Å²) in [7, 11) is 1.62. The van der Waals surface area contributed by atoms with Gasteiger partial charge in [0.05, 0.1) is 12.0 Å². The maximum absolute atomic E-state index is 12.5. The summed E-state index contributed by atoms with van der Waals surface area (Å²) >= 11 is 0.849. The minimum atomic E-state index is -0.445. The van der Waals surface area contributed by atoms with Crippen molar-refractivity contribution in [3.63, 3.8) is 0 Å². The highest BCUT2D eigenvalue weighted by Gasteiger charge is 2.36. The zero-order valence-electron chi connectivity index (χ0n) is 16.9. The smallest absolute Gasteiger partial charge is 0.294 e. The standard InChI is InChI=1S/C23H21N3O4S/c1-30-17-7-8-18-16(13-25-19(18)12-17)9-10-24-21(27)14-26-22(28)20(31-23(26)29)11-15-5-3-2-4-6-15/h2-8,11-13,25H,9-10,14H2,1H3,(H,24,27). The molecule has 8 heteroatoms. The lowest BCUT2D eigenvalue weighted by molar-refractivity contribution is -0.129. The second-order valence-electron chi connectivity index (χ2n) is 7.00. The Kier molecular flexibility index (Phi) is 6.08. The summed E-state index contributed by atoms with van der Waals surface area (Å²) < 4.78 is 5.22. The number of H-pyrrole nitrogens is 1. The van der Waals surface area contributed by atoms with E-state index in [1.807, 2.05) is 54.7 Å². The molecule has 2 N–H and O–H groups in total. The molecule has 0 bridgehead atoms. The van der Waals surface area contributed by atoms with E-state index in [-0.39, 0.29) is 12.5 Å². The number of methoxy groups -OCH3 is 1. The minimum absolute atomic E-state index is 0.290. The van der Waals surface area contributed by atoms with E-state index >= 15 is 0 Å². The van der Waals surface area contributed by atoms with Crippen LogP contribution in [-0.2, 0) is 16.0 Å². The first kappa shape index (κ1) is 20.7. The Morgan fingerprint density at radius 2 is 2.00 bits per heavy atom. The first-order chi connectivity index (χ1) is 15.0. The van der Waals surface area contributed by atoms with E-state index in [4.69, 9.17) is 4.74 Å². The Hall–Kier alpha value is -3.52. The highest BCUT2D eigenvalue weighted by atomic mass is 32.2. The molecule has 2 aromatic carbocycles. The maximum atomic E-state index is 12.5. The van der Waals surface area contributed by atoms with Gasteiger partial charge in [0.25, 0.3) is 11.1 Å². The molecule has 2 heterocycles. The Balaban J connectivity index is 1.32. The molecule has 0 spiro atoms. The topological polar surface area (TPSA) is 91.5 Å². The summed E-state index contributed by atoms with van der Waals surface area (Å²) in [5.74, 6) is -0.0444. The number of nitrogens with zero attached hydrogens (tertiary/aromatic N) is 1. The van der Waals surface area contributed by atoms with Crippen LogP contribution in [0.4, 0.5) is 4.79 Å². The lowest BCUT2D eigenvalue weighted by Crippen LogP contribution is -2.40. The number of rotatable bonds is 7. The van der Waals surface area contributed by atoms with Crippen molar-refractivity contribution in [2.24, 2.45) is 0 Å². The Labute approximate surface area is 183 Å². The average molecular weight is 436 g/mol. The third-order valence-corrected chi connectivity index (χ3v) is 5.87. The van der Waals surface area contributed by atoms with Gasteiger partial charge in [-0.3, -0.25) is 19.3 Å². The van der Waals surface area contributed by atoms with Gasteiger partial charge in [0, 0.05) is 29.7 Å². The van der Waals surface area contributed by atoms with Crippen molar-refractivity contribution in [2.45, 2.75) is 6.42 Å². The van der Waals surface area contributed by atoms with Gasteiger partial charge >= 0.3 is 0 Å². The van der Waals surface area contributed by atoms with E-state index in [1.54, 1.807) is 13.2 Å². The molecule has 0 atom stereocenters. The summed E-state index contributed by atoms with van der Waals surface area (Å²) in [5.41, 5.74) is 2.85. The van der Waals surface area contributed by atoms with Gasteiger partial charge in [-0.1, -0.05) is 30.3 Å². The van der Waals surface area contributed by atoms with Crippen LogP contribution in [0.15, 0.2) is 59.6 Å². The molecule has 0 aliphatic carbocycles. The molecule has 4 rings (SSSR count). The van der Waals surface area contributed by atoms with E-state index in [0.29, 0.717) is 17.9 Å². The van der Waals surface area contributed by atoms with E-state index in [1.165, 1.54) is 0 Å². The van der Waals surface area contributed by atoms with E-state index in [2.05, 4.69) is 10.3 Å². The second-order valence-corrected chi connectivity index (χ2v) is 8.00. The highest BCUT2D eigenvalue weighted by molar-refractivity contribution is 8.18. The molecule has 1 aliphatic rings. The number of carbonyl (C=O) groups is 3. The van der Waals surface area contributed by atoms with Gasteiger partial charge in [-0.15, -0.1) is 0 Å². The molecule has 1 aliphatic heterocycles. The largest absolute Gasteiger partial charge is 0.497 e. The molecule has 3 aromatic rings. The molecule has 1 saturated heterocycles. The van der Waals surface area contributed by atoms with Crippen molar-refractivity contribution in [2.75, 3.05) is 20.2 Å². The average Bonchev–Trinajstić information content (AvgIpc) is 3.30. The number of carbonyl (C=O) groups excluding carboxylic acids is 3. The number of hydrogen-bond acceptors (Lipinski definition) is 5. The van der Waals surface area contributed by atoms with Crippen LogP contribution in [-0.4, -0.2) is 47.1 Å². The zero-order valence-corrected chi connectivity index (χ0v) is 17.7. The molecular weight excluding hydrogens is 414 g/mol. The van der Waals surface area contributed by atoms with Crippen molar-refractivity contribution in [1.82, 2.24) is 15.2 Å². The number of imide groups is 1. The fourth-order valence-corrected chi connectivity index (χ4v) is 4.21. The first-order valence-electron chi connectivity index (χ1n) is 9.76. The first-order valence-corrected chi connectivity index (χ1v) is 10.6. The Morgan fingerprint density at radius 3 is 2.77 bits per heavy atom. The van der Waals surface area contributed by atoms with Crippen LogP contribution in [0.5, 0.6) is 5.75 Å². The fraction of sp³-hybridized carbons (Fsp3) is 0.174. The number of aromatic amines is 1. The van der Waals surface area contributed by atoms with Crippen molar-refractivity contribution in [3.05, 3.63) is 70.8 Å². The Bertz CT molecular complexity index is 1170. The molecule has 3 amide bonds. The second kappa shape index (κ2) is 9.09. The van der Waals surface area contributed by atoms with Crippen LogP contribution in [0.2, 0.25) is 0 Å².